The lowest BCUT2D eigenvalue weighted by atomic mass is 10.1. The van der Waals surface area contributed by atoms with Crippen LogP contribution in [0.3, 0.4) is 0 Å². The fraction of sp³-hybridized carbons (Fsp3) is 0.0556. The van der Waals surface area contributed by atoms with Crippen LogP contribution in [0.15, 0.2) is 70.5 Å². The molecule has 3 aromatic rings. The van der Waals surface area contributed by atoms with Crippen molar-refractivity contribution in [2.24, 2.45) is 0 Å². The summed E-state index contributed by atoms with van der Waals surface area (Å²) in [6, 6.07) is 21.9. The largest absolute Gasteiger partial charge is 0.392 e. The maximum absolute atomic E-state index is 9.19. The second-order valence-electron chi connectivity index (χ2n) is 4.67. The maximum atomic E-state index is 9.19. The number of rotatable bonds is 3. The highest BCUT2D eigenvalue weighted by atomic mass is 32.2. The number of hydrogen-bond donors (Lipinski definition) is 1. The minimum absolute atomic E-state index is 0.0603. The molecule has 102 valence electrons. The van der Waals surface area contributed by atoms with E-state index >= 15 is 0 Å². The molecule has 0 heterocycles. The summed E-state index contributed by atoms with van der Waals surface area (Å²) in [5.74, 6) is 0. The Morgan fingerprint density at radius 2 is 1.62 bits per heavy atom. The Kier molecular flexibility index (Phi) is 3.92. The van der Waals surface area contributed by atoms with Crippen LogP contribution in [0, 0.1) is 11.3 Å². The van der Waals surface area contributed by atoms with Crippen molar-refractivity contribution in [2.45, 2.75) is 16.4 Å². The summed E-state index contributed by atoms with van der Waals surface area (Å²) in [4.78, 5) is 2.24. The van der Waals surface area contributed by atoms with Crippen molar-refractivity contribution in [3.05, 3.63) is 71.8 Å². The predicted octanol–water partition coefficient (Wildman–Crippen LogP) is 4.35. The molecule has 0 saturated heterocycles. The van der Waals surface area contributed by atoms with Crippen LogP contribution in [0.2, 0.25) is 0 Å². The van der Waals surface area contributed by atoms with Crippen LogP contribution in [0.5, 0.6) is 0 Å². The van der Waals surface area contributed by atoms with E-state index < -0.39 is 0 Å². The number of aliphatic hydroxyl groups is 1. The van der Waals surface area contributed by atoms with E-state index in [1.165, 1.54) is 0 Å². The van der Waals surface area contributed by atoms with E-state index in [0.29, 0.717) is 5.56 Å². The summed E-state index contributed by atoms with van der Waals surface area (Å²) >= 11 is 1.66. The Bertz CT molecular complexity index is 819. The van der Waals surface area contributed by atoms with E-state index in [1.54, 1.807) is 11.8 Å². The van der Waals surface area contributed by atoms with E-state index in [2.05, 4.69) is 6.07 Å². The van der Waals surface area contributed by atoms with Crippen molar-refractivity contribution in [3.63, 3.8) is 0 Å². The highest BCUT2D eigenvalue weighted by molar-refractivity contribution is 7.99. The van der Waals surface area contributed by atoms with E-state index in [1.807, 2.05) is 60.7 Å². The Morgan fingerprint density at radius 1 is 0.905 bits per heavy atom. The first-order valence-corrected chi connectivity index (χ1v) is 7.43. The number of aliphatic hydroxyl groups excluding tert-OH is 1. The summed E-state index contributed by atoms with van der Waals surface area (Å²) in [7, 11) is 0. The first-order chi connectivity index (χ1) is 10.3. The molecule has 0 aliphatic rings. The van der Waals surface area contributed by atoms with Gasteiger partial charge < -0.3 is 5.11 Å². The first-order valence-electron chi connectivity index (χ1n) is 6.61. The molecule has 0 aliphatic carbocycles. The quantitative estimate of drug-likeness (QED) is 0.780. The lowest BCUT2D eigenvalue weighted by molar-refractivity contribution is 0.282. The molecule has 3 heteroatoms. The summed E-state index contributed by atoms with van der Waals surface area (Å²) < 4.78 is 0. The van der Waals surface area contributed by atoms with E-state index in [9.17, 15) is 5.26 Å². The Hall–Kier alpha value is -2.28. The predicted molar refractivity (Wildman–Crippen MR) is 85.2 cm³/mol. The van der Waals surface area contributed by atoms with Gasteiger partial charge in [0, 0.05) is 15.2 Å². The van der Waals surface area contributed by atoms with Crippen LogP contribution in [-0.4, -0.2) is 5.11 Å². The van der Waals surface area contributed by atoms with Gasteiger partial charge >= 0.3 is 0 Å². The lowest BCUT2D eigenvalue weighted by Gasteiger charge is -2.08. The fourth-order valence-electron chi connectivity index (χ4n) is 2.25. The Labute approximate surface area is 127 Å². The zero-order valence-electron chi connectivity index (χ0n) is 11.3. The smallest absolute Gasteiger partial charge is 0.0998 e. The van der Waals surface area contributed by atoms with E-state index in [-0.39, 0.29) is 6.61 Å². The molecular formula is C18H13NOS. The van der Waals surface area contributed by atoms with Gasteiger partial charge in [-0.25, -0.2) is 0 Å². The van der Waals surface area contributed by atoms with Crippen LogP contribution in [0.25, 0.3) is 10.8 Å². The number of benzene rings is 3. The molecule has 1 N–H and O–H groups in total. The van der Waals surface area contributed by atoms with E-state index in [4.69, 9.17) is 5.11 Å². The molecule has 0 unspecified atom stereocenters. The molecule has 2 nitrogen and oxygen atoms in total. The fourth-order valence-corrected chi connectivity index (χ4v) is 3.20. The van der Waals surface area contributed by atoms with Gasteiger partial charge in [0.1, 0.15) is 0 Å². The maximum Gasteiger partial charge on any atom is 0.0998 e. The lowest BCUT2D eigenvalue weighted by Crippen LogP contribution is -1.84. The van der Waals surface area contributed by atoms with E-state index in [0.717, 1.165) is 26.1 Å². The summed E-state index contributed by atoms with van der Waals surface area (Å²) in [5.41, 5.74) is 1.61. The third-order valence-corrected chi connectivity index (χ3v) is 4.42. The van der Waals surface area contributed by atoms with Crippen molar-refractivity contribution in [1.82, 2.24) is 0 Å². The molecule has 0 saturated carbocycles. The van der Waals surface area contributed by atoms with Gasteiger partial charge in [0.05, 0.1) is 18.2 Å². The van der Waals surface area contributed by atoms with Crippen LogP contribution in [0.4, 0.5) is 0 Å². The van der Waals surface area contributed by atoms with Crippen molar-refractivity contribution in [1.29, 1.82) is 5.26 Å². The van der Waals surface area contributed by atoms with Crippen LogP contribution in [0.1, 0.15) is 11.1 Å². The van der Waals surface area contributed by atoms with Crippen molar-refractivity contribution < 1.29 is 5.11 Å². The van der Waals surface area contributed by atoms with Gasteiger partial charge in [0.2, 0.25) is 0 Å². The van der Waals surface area contributed by atoms with Crippen molar-refractivity contribution >= 4 is 22.5 Å². The molecule has 0 atom stereocenters. The number of nitrogens with zero attached hydrogens (tertiary/aromatic N) is 1. The SMILES string of the molecule is N#Cc1ccc(Sc2ccc(CO)cc2)c2ccccc12. The standard InChI is InChI=1S/C18H13NOS/c19-11-14-7-10-18(17-4-2-1-3-16(14)17)21-15-8-5-13(12-20)6-9-15/h1-10,20H,12H2. The van der Waals surface area contributed by atoms with Crippen LogP contribution in [-0.2, 0) is 6.61 Å². The molecule has 21 heavy (non-hydrogen) atoms. The van der Waals surface area contributed by atoms with Gasteiger partial charge in [-0.3, -0.25) is 0 Å². The molecule has 3 rings (SSSR count). The normalized spacial score (nSPS) is 10.5. The summed E-state index contributed by atoms with van der Waals surface area (Å²) in [6.07, 6.45) is 0. The number of fused-ring (bicyclic) bond motifs is 1. The molecule has 0 aromatic heterocycles. The van der Waals surface area contributed by atoms with Gasteiger partial charge in [0.15, 0.2) is 0 Å². The van der Waals surface area contributed by atoms with Crippen LogP contribution < -0.4 is 0 Å². The van der Waals surface area contributed by atoms with Crippen molar-refractivity contribution in [3.8, 4) is 6.07 Å². The van der Waals surface area contributed by atoms with Gasteiger partial charge in [-0.15, -0.1) is 0 Å². The molecule has 0 fully saturated rings. The topological polar surface area (TPSA) is 44.0 Å². The monoisotopic (exact) mass is 291 g/mol. The van der Waals surface area contributed by atoms with Crippen LogP contribution >= 0.6 is 11.8 Å². The number of hydrogen-bond acceptors (Lipinski definition) is 3. The average molecular weight is 291 g/mol. The van der Waals surface area contributed by atoms with Gasteiger partial charge in [-0.05, 0) is 35.2 Å². The summed E-state index contributed by atoms with van der Waals surface area (Å²) in [5, 5.41) is 20.3. The second-order valence-corrected chi connectivity index (χ2v) is 5.79. The molecule has 0 amide bonds. The summed E-state index contributed by atoms with van der Waals surface area (Å²) in [6.45, 7) is 0.0603. The van der Waals surface area contributed by atoms with Gasteiger partial charge in [0.25, 0.3) is 0 Å². The first kappa shape index (κ1) is 13.7. The molecule has 0 spiro atoms. The minimum Gasteiger partial charge on any atom is -0.392 e. The second kappa shape index (κ2) is 6.01. The number of nitriles is 1. The Balaban J connectivity index is 2.02. The minimum atomic E-state index is 0.0603. The highest BCUT2D eigenvalue weighted by Gasteiger charge is 2.06. The average Bonchev–Trinajstić information content (AvgIpc) is 2.56. The zero-order valence-corrected chi connectivity index (χ0v) is 12.1. The molecular weight excluding hydrogens is 278 g/mol. The Morgan fingerprint density at radius 3 is 2.29 bits per heavy atom. The zero-order chi connectivity index (χ0) is 14.7. The molecule has 0 aliphatic heterocycles. The van der Waals surface area contributed by atoms with Gasteiger partial charge in [-0.1, -0.05) is 48.2 Å². The highest BCUT2D eigenvalue weighted by Crippen LogP contribution is 2.34. The van der Waals surface area contributed by atoms with Gasteiger partial charge in [-0.2, -0.15) is 5.26 Å². The third kappa shape index (κ3) is 2.78. The molecule has 0 bridgehead atoms. The molecule has 0 radical (unpaired) electrons. The van der Waals surface area contributed by atoms with Crippen molar-refractivity contribution in [2.75, 3.05) is 0 Å². The third-order valence-electron chi connectivity index (χ3n) is 3.34. The molecule has 3 aromatic carbocycles.